The Balaban J connectivity index is 3.08. The van der Waals surface area contributed by atoms with Crippen molar-refractivity contribution in [1.82, 2.24) is 0 Å². The van der Waals surface area contributed by atoms with Gasteiger partial charge < -0.3 is 14.2 Å². The summed E-state index contributed by atoms with van der Waals surface area (Å²) in [7, 11) is 2.83. The minimum atomic E-state index is -0.474. The summed E-state index contributed by atoms with van der Waals surface area (Å²) in [5, 5.41) is 0. The van der Waals surface area contributed by atoms with Gasteiger partial charge in [-0.05, 0) is 12.1 Å². The molecule has 1 rings (SSSR count). The first-order chi connectivity index (χ1) is 7.22. The lowest BCUT2D eigenvalue weighted by Crippen LogP contribution is -2.05. The van der Waals surface area contributed by atoms with Crippen LogP contribution in [0.1, 0.15) is 10.4 Å². The van der Waals surface area contributed by atoms with E-state index in [1.807, 2.05) is 0 Å². The van der Waals surface area contributed by atoms with E-state index in [2.05, 4.69) is 4.74 Å². The Hall–Kier alpha value is -1.42. The maximum atomic E-state index is 11.3. The van der Waals surface area contributed by atoms with Crippen molar-refractivity contribution in [3.8, 4) is 11.5 Å². The number of carbonyl (C=O) groups is 1. The van der Waals surface area contributed by atoms with Crippen LogP contribution in [0.25, 0.3) is 0 Å². The van der Waals surface area contributed by atoms with Gasteiger partial charge in [-0.1, -0.05) is 11.6 Å². The van der Waals surface area contributed by atoms with Crippen molar-refractivity contribution in [2.24, 2.45) is 0 Å². The van der Waals surface area contributed by atoms with Gasteiger partial charge in [0, 0.05) is 6.07 Å². The molecule has 0 unspecified atom stereocenters. The van der Waals surface area contributed by atoms with E-state index in [0.717, 1.165) is 0 Å². The Morgan fingerprint density at radius 2 is 2.13 bits per heavy atom. The number of rotatable bonds is 4. The zero-order chi connectivity index (χ0) is 11.3. The predicted octanol–water partition coefficient (Wildman–Crippen LogP) is 2.06. The maximum absolute atomic E-state index is 11.3. The average molecular weight is 231 g/mol. The third-order valence-electron chi connectivity index (χ3n) is 1.80. The standard InChI is InChI=1S/C10H11ClO4/c1-13-7-3-4-8(10(12)14-2)9(5-7)15-6-11/h3-5H,6H2,1-2H3. The van der Waals surface area contributed by atoms with E-state index < -0.39 is 5.97 Å². The molecular formula is C10H11ClO4. The highest BCUT2D eigenvalue weighted by molar-refractivity contribution is 6.17. The predicted molar refractivity (Wildman–Crippen MR) is 55.7 cm³/mol. The first-order valence-corrected chi connectivity index (χ1v) is 4.71. The molecule has 0 radical (unpaired) electrons. The summed E-state index contributed by atoms with van der Waals surface area (Å²) in [5.74, 6) is 0.455. The Kier molecular flexibility index (Phi) is 4.24. The van der Waals surface area contributed by atoms with Gasteiger partial charge in [0.2, 0.25) is 0 Å². The van der Waals surface area contributed by atoms with Crippen molar-refractivity contribution in [3.05, 3.63) is 23.8 Å². The van der Waals surface area contributed by atoms with Gasteiger partial charge in [0.1, 0.15) is 17.1 Å². The summed E-state index contributed by atoms with van der Waals surface area (Å²) < 4.78 is 14.7. The van der Waals surface area contributed by atoms with Crippen LogP contribution in [0.5, 0.6) is 11.5 Å². The minimum Gasteiger partial charge on any atom is -0.497 e. The van der Waals surface area contributed by atoms with Crippen molar-refractivity contribution in [1.29, 1.82) is 0 Å². The number of methoxy groups -OCH3 is 2. The molecule has 0 heterocycles. The summed E-state index contributed by atoms with van der Waals surface area (Å²) in [4.78, 5) is 11.3. The lowest BCUT2D eigenvalue weighted by Gasteiger charge is -2.09. The molecule has 0 atom stereocenters. The lowest BCUT2D eigenvalue weighted by atomic mass is 10.2. The summed E-state index contributed by atoms with van der Waals surface area (Å²) in [6.07, 6.45) is 0. The fourth-order valence-electron chi connectivity index (χ4n) is 1.09. The zero-order valence-corrected chi connectivity index (χ0v) is 9.21. The summed E-state index contributed by atoms with van der Waals surface area (Å²) in [5.41, 5.74) is 0.318. The Morgan fingerprint density at radius 3 is 2.67 bits per heavy atom. The highest BCUT2D eigenvalue weighted by Crippen LogP contribution is 2.25. The zero-order valence-electron chi connectivity index (χ0n) is 8.45. The second-order valence-corrected chi connectivity index (χ2v) is 2.83. The van der Waals surface area contributed by atoms with Crippen LogP contribution in [-0.4, -0.2) is 26.3 Å². The molecule has 15 heavy (non-hydrogen) atoms. The summed E-state index contributed by atoms with van der Waals surface area (Å²) in [6.45, 7) is 0. The van der Waals surface area contributed by atoms with Gasteiger partial charge in [-0.3, -0.25) is 0 Å². The van der Waals surface area contributed by atoms with Crippen molar-refractivity contribution < 1.29 is 19.0 Å². The van der Waals surface area contributed by atoms with E-state index in [1.165, 1.54) is 14.2 Å². The second-order valence-electron chi connectivity index (χ2n) is 2.61. The highest BCUT2D eigenvalue weighted by Gasteiger charge is 2.13. The van der Waals surface area contributed by atoms with Crippen molar-refractivity contribution >= 4 is 17.6 Å². The third-order valence-corrected chi connectivity index (χ3v) is 1.91. The first-order valence-electron chi connectivity index (χ1n) is 4.18. The van der Waals surface area contributed by atoms with Gasteiger partial charge >= 0.3 is 5.97 Å². The lowest BCUT2D eigenvalue weighted by molar-refractivity contribution is 0.0597. The molecule has 4 nitrogen and oxygen atoms in total. The van der Waals surface area contributed by atoms with Crippen molar-refractivity contribution in [2.45, 2.75) is 0 Å². The number of esters is 1. The van der Waals surface area contributed by atoms with Crippen LogP contribution in [0, 0.1) is 0 Å². The fourth-order valence-corrected chi connectivity index (χ4v) is 1.20. The number of benzene rings is 1. The van der Waals surface area contributed by atoms with Crippen LogP contribution in [-0.2, 0) is 4.74 Å². The number of hydrogen-bond acceptors (Lipinski definition) is 4. The highest BCUT2D eigenvalue weighted by atomic mass is 35.5. The monoisotopic (exact) mass is 230 g/mol. The topological polar surface area (TPSA) is 44.8 Å². The van der Waals surface area contributed by atoms with Gasteiger partial charge in [0.05, 0.1) is 14.2 Å². The molecule has 1 aromatic carbocycles. The van der Waals surface area contributed by atoms with Crippen molar-refractivity contribution in [3.63, 3.8) is 0 Å². The number of alkyl halides is 1. The molecule has 5 heteroatoms. The van der Waals surface area contributed by atoms with Crippen LogP contribution >= 0.6 is 11.6 Å². The van der Waals surface area contributed by atoms with Crippen LogP contribution in [0.4, 0.5) is 0 Å². The van der Waals surface area contributed by atoms with Crippen LogP contribution < -0.4 is 9.47 Å². The van der Waals surface area contributed by atoms with E-state index >= 15 is 0 Å². The molecule has 0 saturated heterocycles. The Morgan fingerprint density at radius 1 is 1.40 bits per heavy atom. The van der Waals surface area contributed by atoms with Gasteiger partial charge in [-0.15, -0.1) is 0 Å². The van der Waals surface area contributed by atoms with E-state index in [4.69, 9.17) is 21.1 Å². The maximum Gasteiger partial charge on any atom is 0.341 e. The molecular weight excluding hydrogens is 220 g/mol. The quantitative estimate of drug-likeness (QED) is 0.587. The summed E-state index contributed by atoms with van der Waals surface area (Å²) >= 11 is 5.44. The SMILES string of the molecule is COC(=O)c1ccc(OC)cc1OCCl. The normalized spacial score (nSPS) is 9.53. The molecule has 0 aliphatic carbocycles. The van der Waals surface area contributed by atoms with Crippen LogP contribution in [0.15, 0.2) is 18.2 Å². The van der Waals surface area contributed by atoms with E-state index in [-0.39, 0.29) is 6.07 Å². The Bertz CT molecular complexity index is 351. The third kappa shape index (κ3) is 2.76. The molecule has 82 valence electrons. The van der Waals surface area contributed by atoms with Gasteiger partial charge in [-0.2, -0.15) is 0 Å². The van der Waals surface area contributed by atoms with Crippen molar-refractivity contribution in [2.75, 3.05) is 20.3 Å². The van der Waals surface area contributed by atoms with Crippen LogP contribution in [0.3, 0.4) is 0 Å². The van der Waals surface area contributed by atoms with Gasteiger partial charge in [0.15, 0.2) is 6.07 Å². The number of ether oxygens (including phenoxy) is 3. The minimum absolute atomic E-state index is 0.0445. The van der Waals surface area contributed by atoms with Gasteiger partial charge in [0.25, 0.3) is 0 Å². The second kappa shape index (κ2) is 5.46. The summed E-state index contributed by atoms with van der Waals surface area (Å²) in [6, 6.07) is 4.74. The van der Waals surface area contributed by atoms with E-state index in [9.17, 15) is 4.79 Å². The molecule has 0 saturated carbocycles. The largest absolute Gasteiger partial charge is 0.497 e. The number of carbonyl (C=O) groups excluding carboxylic acids is 1. The Labute approximate surface area is 92.7 Å². The molecule has 0 spiro atoms. The molecule has 0 aliphatic rings. The van der Waals surface area contributed by atoms with E-state index in [1.54, 1.807) is 18.2 Å². The number of halogens is 1. The molecule has 0 amide bonds. The van der Waals surface area contributed by atoms with Crippen LogP contribution in [0.2, 0.25) is 0 Å². The molecule has 0 bridgehead atoms. The number of hydrogen-bond donors (Lipinski definition) is 0. The first kappa shape index (κ1) is 11.7. The average Bonchev–Trinajstić information content (AvgIpc) is 2.28. The van der Waals surface area contributed by atoms with E-state index in [0.29, 0.717) is 17.1 Å². The molecule has 0 fully saturated rings. The molecule has 0 N–H and O–H groups in total. The molecule has 1 aromatic rings. The molecule has 0 aliphatic heterocycles. The smallest absolute Gasteiger partial charge is 0.341 e. The fraction of sp³-hybridized carbons (Fsp3) is 0.300. The van der Waals surface area contributed by atoms with Gasteiger partial charge in [-0.25, -0.2) is 4.79 Å². The molecule has 0 aromatic heterocycles.